The van der Waals surface area contributed by atoms with Gasteiger partial charge >= 0.3 is 6.18 Å². The third-order valence-electron chi connectivity index (χ3n) is 3.13. The highest BCUT2D eigenvalue weighted by Crippen LogP contribution is 2.28. The SMILES string of the molecule is CN(C(=O)Cn1cc(C(F)(F)F)ccc1=O)c1ccccc1. The standard InChI is InChI=1S/C15H13F3N2O2/c1-19(12-5-3-2-4-6-12)14(22)10-20-9-11(15(16,17)18)7-8-13(20)21/h2-9H,10H2,1H3. The van der Waals surface area contributed by atoms with E-state index in [0.717, 1.165) is 10.6 Å². The number of hydrogen-bond acceptors (Lipinski definition) is 2. The molecule has 1 amide bonds. The van der Waals surface area contributed by atoms with Gasteiger partial charge in [0, 0.05) is 25.0 Å². The first-order valence-corrected chi connectivity index (χ1v) is 6.38. The molecule has 0 fully saturated rings. The van der Waals surface area contributed by atoms with Crippen LogP contribution in [0.1, 0.15) is 5.56 Å². The van der Waals surface area contributed by atoms with Gasteiger partial charge in [0.1, 0.15) is 6.54 Å². The third-order valence-corrected chi connectivity index (χ3v) is 3.13. The van der Waals surface area contributed by atoms with Gasteiger partial charge in [-0.3, -0.25) is 9.59 Å². The van der Waals surface area contributed by atoms with Crippen LogP contribution in [0.5, 0.6) is 0 Å². The van der Waals surface area contributed by atoms with Crippen molar-refractivity contribution in [2.24, 2.45) is 0 Å². The minimum atomic E-state index is -4.57. The zero-order chi connectivity index (χ0) is 16.3. The first-order chi connectivity index (χ1) is 10.3. The molecule has 0 radical (unpaired) electrons. The van der Waals surface area contributed by atoms with Crippen LogP contribution in [0.2, 0.25) is 0 Å². The number of anilines is 1. The highest BCUT2D eigenvalue weighted by molar-refractivity contribution is 5.92. The van der Waals surface area contributed by atoms with Gasteiger partial charge in [0.05, 0.1) is 5.56 Å². The number of nitrogens with zero attached hydrogens (tertiary/aromatic N) is 2. The number of hydrogen-bond donors (Lipinski definition) is 0. The fraction of sp³-hybridized carbons (Fsp3) is 0.200. The molecule has 0 unspecified atom stereocenters. The fourth-order valence-electron chi connectivity index (χ4n) is 1.87. The monoisotopic (exact) mass is 310 g/mol. The quantitative estimate of drug-likeness (QED) is 0.874. The summed E-state index contributed by atoms with van der Waals surface area (Å²) in [5.41, 5.74) is -1.04. The van der Waals surface area contributed by atoms with E-state index in [9.17, 15) is 22.8 Å². The van der Waals surface area contributed by atoms with E-state index in [2.05, 4.69) is 0 Å². The van der Waals surface area contributed by atoms with Crippen molar-refractivity contribution in [3.05, 3.63) is 64.6 Å². The summed E-state index contributed by atoms with van der Waals surface area (Å²) in [7, 11) is 1.50. The topological polar surface area (TPSA) is 42.3 Å². The van der Waals surface area contributed by atoms with Crippen LogP contribution < -0.4 is 10.5 Å². The molecule has 0 aliphatic rings. The molecule has 0 aliphatic heterocycles. The second kappa shape index (κ2) is 6.05. The van der Waals surface area contributed by atoms with Crippen LogP contribution in [0.4, 0.5) is 18.9 Å². The highest BCUT2D eigenvalue weighted by atomic mass is 19.4. The Hall–Kier alpha value is -2.57. The lowest BCUT2D eigenvalue weighted by molar-refractivity contribution is -0.138. The van der Waals surface area contributed by atoms with Gasteiger partial charge in [-0.05, 0) is 18.2 Å². The van der Waals surface area contributed by atoms with Crippen molar-refractivity contribution in [2.45, 2.75) is 12.7 Å². The predicted octanol–water partition coefficient (Wildman–Crippen LogP) is 2.53. The summed E-state index contributed by atoms with van der Waals surface area (Å²) in [6, 6.07) is 10.1. The van der Waals surface area contributed by atoms with Crippen molar-refractivity contribution in [3.63, 3.8) is 0 Å². The van der Waals surface area contributed by atoms with Crippen molar-refractivity contribution in [2.75, 3.05) is 11.9 Å². The lowest BCUT2D eigenvalue weighted by Crippen LogP contribution is -2.34. The van der Waals surface area contributed by atoms with Crippen molar-refractivity contribution in [3.8, 4) is 0 Å². The summed E-state index contributed by atoms with van der Waals surface area (Å²) in [6.45, 7) is -0.464. The second-order valence-electron chi connectivity index (χ2n) is 4.67. The lowest BCUT2D eigenvalue weighted by atomic mass is 10.2. The Morgan fingerprint density at radius 2 is 1.77 bits per heavy atom. The number of rotatable bonds is 3. The van der Waals surface area contributed by atoms with E-state index in [1.54, 1.807) is 30.3 Å². The lowest BCUT2D eigenvalue weighted by Gasteiger charge is -2.18. The molecule has 0 saturated heterocycles. The number of likely N-dealkylation sites (N-methyl/N-ethyl adjacent to an activating group) is 1. The van der Waals surface area contributed by atoms with E-state index in [-0.39, 0.29) is 0 Å². The second-order valence-corrected chi connectivity index (χ2v) is 4.67. The van der Waals surface area contributed by atoms with Crippen molar-refractivity contribution in [1.82, 2.24) is 4.57 Å². The Bertz CT molecular complexity index is 724. The number of halogens is 3. The first-order valence-electron chi connectivity index (χ1n) is 6.38. The number of carbonyl (C=O) groups excluding carboxylic acids is 1. The van der Waals surface area contributed by atoms with Crippen LogP contribution in [-0.4, -0.2) is 17.5 Å². The Morgan fingerprint density at radius 1 is 1.14 bits per heavy atom. The maximum absolute atomic E-state index is 12.6. The number of pyridine rings is 1. The van der Waals surface area contributed by atoms with Crippen LogP contribution in [0.25, 0.3) is 0 Å². The fourth-order valence-corrected chi connectivity index (χ4v) is 1.87. The third kappa shape index (κ3) is 3.55. The average Bonchev–Trinajstić information content (AvgIpc) is 2.48. The van der Waals surface area contributed by atoms with Gasteiger partial charge in [-0.1, -0.05) is 18.2 Å². The minimum absolute atomic E-state index is 0.464. The van der Waals surface area contributed by atoms with Gasteiger partial charge in [-0.15, -0.1) is 0 Å². The van der Waals surface area contributed by atoms with Gasteiger partial charge in [0.2, 0.25) is 5.91 Å². The molecular formula is C15H13F3N2O2. The van der Waals surface area contributed by atoms with Crippen molar-refractivity contribution in [1.29, 1.82) is 0 Å². The summed E-state index contributed by atoms with van der Waals surface area (Å²) in [5, 5.41) is 0. The van der Waals surface area contributed by atoms with E-state index < -0.39 is 29.8 Å². The number of amides is 1. The van der Waals surface area contributed by atoms with Crippen molar-refractivity contribution >= 4 is 11.6 Å². The maximum Gasteiger partial charge on any atom is 0.417 e. The summed E-state index contributed by atoms with van der Waals surface area (Å²) < 4.78 is 38.7. The molecule has 1 heterocycles. The molecule has 2 aromatic rings. The van der Waals surface area contributed by atoms with E-state index in [4.69, 9.17) is 0 Å². The Balaban J connectivity index is 2.23. The number of alkyl halides is 3. The van der Waals surface area contributed by atoms with Crippen molar-refractivity contribution < 1.29 is 18.0 Å². The van der Waals surface area contributed by atoms with E-state index >= 15 is 0 Å². The normalized spacial score (nSPS) is 11.3. The summed E-state index contributed by atoms with van der Waals surface area (Å²) in [6.07, 6.45) is -3.91. The maximum atomic E-state index is 12.6. The van der Waals surface area contributed by atoms with Crippen LogP contribution in [0.3, 0.4) is 0 Å². The molecule has 0 spiro atoms. The van der Waals surface area contributed by atoms with E-state index in [0.29, 0.717) is 18.0 Å². The summed E-state index contributed by atoms with van der Waals surface area (Å²) in [5.74, 6) is -0.493. The highest BCUT2D eigenvalue weighted by Gasteiger charge is 2.31. The molecule has 0 bridgehead atoms. The average molecular weight is 310 g/mol. The Morgan fingerprint density at radius 3 is 2.36 bits per heavy atom. The Labute approximate surface area is 124 Å². The molecule has 1 aromatic carbocycles. The van der Waals surface area contributed by atoms with Crippen LogP contribution in [0.15, 0.2) is 53.5 Å². The molecule has 116 valence electrons. The zero-order valence-corrected chi connectivity index (χ0v) is 11.7. The van der Waals surface area contributed by atoms with Crippen LogP contribution in [0, 0.1) is 0 Å². The number of aromatic nitrogens is 1. The first kappa shape index (κ1) is 15.8. The molecule has 4 nitrogen and oxygen atoms in total. The van der Waals surface area contributed by atoms with Gasteiger partial charge in [-0.25, -0.2) is 0 Å². The minimum Gasteiger partial charge on any atom is -0.314 e. The van der Waals surface area contributed by atoms with Gasteiger partial charge in [0.25, 0.3) is 5.56 Å². The van der Waals surface area contributed by atoms with Gasteiger partial charge in [-0.2, -0.15) is 13.2 Å². The predicted molar refractivity (Wildman–Crippen MR) is 75.6 cm³/mol. The van der Waals surface area contributed by atoms with E-state index in [1.165, 1.54) is 11.9 Å². The summed E-state index contributed by atoms with van der Waals surface area (Å²) in [4.78, 5) is 25.0. The van der Waals surface area contributed by atoms with Crippen LogP contribution >= 0.6 is 0 Å². The number of para-hydroxylation sites is 1. The molecule has 0 N–H and O–H groups in total. The summed E-state index contributed by atoms with van der Waals surface area (Å²) >= 11 is 0. The molecule has 0 aliphatic carbocycles. The largest absolute Gasteiger partial charge is 0.417 e. The molecule has 0 saturated carbocycles. The van der Waals surface area contributed by atoms with Gasteiger partial charge < -0.3 is 9.47 Å². The van der Waals surface area contributed by atoms with Gasteiger partial charge in [0.15, 0.2) is 0 Å². The number of carbonyl (C=O) groups is 1. The smallest absolute Gasteiger partial charge is 0.314 e. The molecular weight excluding hydrogens is 297 g/mol. The number of benzene rings is 1. The van der Waals surface area contributed by atoms with Crippen LogP contribution in [-0.2, 0) is 17.5 Å². The zero-order valence-electron chi connectivity index (χ0n) is 11.7. The molecule has 2 rings (SSSR count). The molecule has 1 aromatic heterocycles. The molecule has 0 atom stereocenters. The van der Waals surface area contributed by atoms with E-state index in [1.807, 2.05) is 0 Å². The molecule has 22 heavy (non-hydrogen) atoms. The molecule has 7 heteroatoms. The Kier molecular flexibility index (Phi) is 4.35.